The molecule has 0 aliphatic rings. The Hall–Kier alpha value is -2.30. The van der Waals surface area contributed by atoms with Crippen molar-refractivity contribution in [3.8, 4) is 11.5 Å². The van der Waals surface area contributed by atoms with Gasteiger partial charge in [0, 0.05) is 60.8 Å². The monoisotopic (exact) mass is 452 g/mol. The molecule has 180 valence electrons. The topological polar surface area (TPSA) is 36.9 Å². The number of fused-ring (bicyclic) bond motifs is 2. The van der Waals surface area contributed by atoms with Crippen molar-refractivity contribution in [3.05, 3.63) is 48.0 Å². The molecule has 0 aromatic heterocycles. The quantitative estimate of drug-likeness (QED) is 0.190. The molecule has 0 bridgehead atoms. The SMILES string of the molecule is CCOCCCOc1c2ccccc2c(OCCCOCC)c2cc(C(C)(C)CC)ccc12. The first-order valence-corrected chi connectivity index (χ1v) is 12.4. The van der Waals surface area contributed by atoms with Gasteiger partial charge in [-0.25, -0.2) is 0 Å². The number of ether oxygens (including phenoxy) is 4. The minimum atomic E-state index is 0.0879. The van der Waals surface area contributed by atoms with Crippen molar-refractivity contribution in [2.24, 2.45) is 0 Å². The standard InChI is InChI=1S/C29H40O4/c1-6-29(4,5)22-15-16-25-26(21-22)28(33-20-12-18-31-8-3)24-14-10-9-13-23(24)27(25)32-19-11-17-30-7-2/h9-10,13-16,21H,6-8,11-12,17-20H2,1-5H3. The third-order valence-electron chi connectivity index (χ3n) is 6.36. The zero-order valence-corrected chi connectivity index (χ0v) is 21.0. The molecule has 0 radical (unpaired) electrons. The fourth-order valence-corrected chi connectivity index (χ4v) is 3.99. The lowest BCUT2D eigenvalue weighted by Crippen LogP contribution is -2.15. The van der Waals surface area contributed by atoms with E-state index >= 15 is 0 Å². The van der Waals surface area contributed by atoms with Crippen LogP contribution in [0.4, 0.5) is 0 Å². The lowest BCUT2D eigenvalue weighted by molar-refractivity contribution is 0.131. The smallest absolute Gasteiger partial charge is 0.135 e. The van der Waals surface area contributed by atoms with Gasteiger partial charge in [-0.1, -0.05) is 57.2 Å². The van der Waals surface area contributed by atoms with E-state index in [1.807, 2.05) is 13.8 Å². The molecule has 4 heteroatoms. The van der Waals surface area contributed by atoms with Crippen LogP contribution in [0, 0.1) is 0 Å². The van der Waals surface area contributed by atoms with E-state index in [0.29, 0.717) is 26.4 Å². The summed E-state index contributed by atoms with van der Waals surface area (Å²) < 4.78 is 23.8. The number of benzene rings is 3. The minimum Gasteiger partial charge on any atom is -0.492 e. The van der Waals surface area contributed by atoms with Gasteiger partial charge in [0.15, 0.2) is 0 Å². The lowest BCUT2D eigenvalue weighted by atomic mass is 9.81. The van der Waals surface area contributed by atoms with E-state index in [1.165, 1.54) is 5.56 Å². The average Bonchev–Trinajstić information content (AvgIpc) is 2.84. The van der Waals surface area contributed by atoms with E-state index in [2.05, 4.69) is 63.2 Å². The Morgan fingerprint density at radius 2 is 1.15 bits per heavy atom. The molecule has 0 heterocycles. The van der Waals surface area contributed by atoms with Gasteiger partial charge in [-0.3, -0.25) is 0 Å². The normalized spacial score (nSPS) is 11.9. The van der Waals surface area contributed by atoms with Crippen LogP contribution >= 0.6 is 0 Å². The summed E-state index contributed by atoms with van der Waals surface area (Å²) in [6.45, 7) is 15.0. The second-order valence-electron chi connectivity index (χ2n) is 9.00. The minimum absolute atomic E-state index is 0.0879. The second-order valence-corrected chi connectivity index (χ2v) is 9.00. The van der Waals surface area contributed by atoms with Gasteiger partial charge in [-0.15, -0.1) is 0 Å². The molecule has 0 amide bonds. The molecule has 3 aromatic rings. The van der Waals surface area contributed by atoms with Crippen LogP contribution in [-0.4, -0.2) is 39.6 Å². The van der Waals surface area contributed by atoms with Crippen molar-refractivity contribution in [2.45, 2.75) is 59.3 Å². The van der Waals surface area contributed by atoms with Crippen molar-refractivity contribution >= 4 is 21.5 Å². The summed E-state index contributed by atoms with van der Waals surface area (Å²) in [6, 6.07) is 15.2. The maximum atomic E-state index is 6.44. The molecule has 0 saturated carbocycles. The van der Waals surface area contributed by atoms with Crippen LogP contribution in [-0.2, 0) is 14.9 Å². The molecule has 33 heavy (non-hydrogen) atoms. The lowest BCUT2D eigenvalue weighted by Gasteiger charge is -2.25. The molecule has 0 atom stereocenters. The predicted molar refractivity (Wildman–Crippen MR) is 138 cm³/mol. The summed E-state index contributed by atoms with van der Waals surface area (Å²) in [5, 5.41) is 4.39. The van der Waals surface area contributed by atoms with Gasteiger partial charge < -0.3 is 18.9 Å². The molecule has 0 fully saturated rings. The van der Waals surface area contributed by atoms with E-state index in [-0.39, 0.29) is 5.41 Å². The summed E-state index contributed by atoms with van der Waals surface area (Å²) in [7, 11) is 0. The zero-order chi connectivity index (χ0) is 23.7. The van der Waals surface area contributed by atoms with Gasteiger partial charge >= 0.3 is 0 Å². The fraction of sp³-hybridized carbons (Fsp3) is 0.517. The van der Waals surface area contributed by atoms with E-state index in [9.17, 15) is 0 Å². The molecule has 3 aromatic carbocycles. The summed E-state index contributed by atoms with van der Waals surface area (Å²) in [5.74, 6) is 1.87. The molecular weight excluding hydrogens is 412 g/mol. The van der Waals surface area contributed by atoms with Gasteiger partial charge in [0.25, 0.3) is 0 Å². The van der Waals surface area contributed by atoms with Crippen LogP contribution < -0.4 is 9.47 Å². The van der Waals surface area contributed by atoms with E-state index in [0.717, 1.165) is 65.5 Å². The van der Waals surface area contributed by atoms with Crippen LogP contribution in [0.2, 0.25) is 0 Å². The molecule has 4 nitrogen and oxygen atoms in total. The van der Waals surface area contributed by atoms with Crippen molar-refractivity contribution in [3.63, 3.8) is 0 Å². The summed E-state index contributed by atoms with van der Waals surface area (Å²) in [4.78, 5) is 0. The van der Waals surface area contributed by atoms with Crippen LogP contribution in [0.25, 0.3) is 21.5 Å². The maximum Gasteiger partial charge on any atom is 0.135 e. The highest BCUT2D eigenvalue weighted by Crippen LogP contribution is 2.44. The van der Waals surface area contributed by atoms with Crippen LogP contribution in [0.1, 0.15) is 59.4 Å². The molecule has 0 N–H and O–H groups in total. The molecule has 0 aliphatic carbocycles. The molecule has 3 rings (SSSR count). The Labute approximate surface area is 199 Å². The maximum absolute atomic E-state index is 6.44. The van der Waals surface area contributed by atoms with Gasteiger partial charge in [0.05, 0.1) is 13.2 Å². The van der Waals surface area contributed by atoms with E-state index < -0.39 is 0 Å². The van der Waals surface area contributed by atoms with Crippen molar-refractivity contribution in [1.29, 1.82) is 0 Å². The van der Waals surface area contributed by atoms with Crippen LogP contribution in [0.3, 0.4) is 0 Å². The van der Waals surface area contributed by atoms with Crippen molar-refractivity contribution < 1.29 is 18.9 Å². The molecule has 0 saturated heterocycles. The van der Waals surface area contributed by atoms with Gasteiger partial charge in [-0.2, -0.15) is 0 Å². The molecule has 0 spiro atoms. The van der Waals surface area contributed by atoms with E-state index in [1.54, 1.807) is 0 Å². The first-order chi connectivity index (χ1) is 16.0. The molecule has 0 unspecified atom stereocenters. The summed E-state index contributed by atoms with van der Waals surface area (Å²) >= 11 is 0. The molecular formula is C29H40O4. The first-order valence-electron chi connectivity index (χ1n) is 12.4. The Balaban J connectivity index is 2.08. The molecule has 0 aliphatic heterocycles. The predicted octanol–water partition coefficient (Wildman–Crippen LogP) is 7.29. The van der Waals surface area contributed by atoms with Crippen molar-refractivity contribution in [1.82, 2.24) is 0 Å². The number of rotatable bonds is 14. The average molecular weight is 453 g/mol. The Morgan fingerprint density at radius 3 is 1.67 bits per heavy atom. The number of hydrogen-bond acceptors (Lipinski definition) is 4. The highest BCUT2D eigenvalue weighted by atomic mass is 16.5. The van der Waals surface area contributed by atoms with Crippen molar-refractivity contribution in [2.75, 3.05) is 39.6 Å². The van der Waals surface area contributed by atoms with Gasteiger partial charge in [-0.05, 0) is 37.3 Å². The fourth-order valence-electron chi connectivity index (χ4n) is 3.99. The summed E-state index contributed by atoms with van der Waals surface area (Å²) in [5.41, 5.74) is 1.40. The van der Waals surface area contributed by atoms with E-state index in [4.69, 9.17) is 18.9 Å². The highest BCUT2D eigenvalue weighted by Gasteiger charge is 2.22. The second kappa shape index (κ2) is 12.2. The third-order valence-corrected chi connectivity index (χ3v) is 6.36. The Bertz CT molecular complexity index is 1020. The Morgan fingerprint density at radius 1 is 0.636 bits per heavy atom. The van der Waals surface area contributed by atoms with Crippen LogP contribution in [0.5, 0.6) is 11.5 Å². The summed E-state index contributed by atoms with van der Waals surface area (Å²) in [6.07, 6.45) is 2.79. The highest BCUT2D eigenvalue weighted by molar-refractivity contribution is 6.11. The first kappa shape index (κ1) is 25.3. The Kier molecular flexibility index (Phi) is 9.40. The van der Waals surface area contributed by atoms with Gasteiger partial charge in [0.2, 0.25) is 0 Å². The number of hydrogen-bond donors (Lipinski definition) is 0. The van der Waals surface area contributed by atoms with Gasteiger partial charge in [0.1, 0.15) is 11.5 Å². The van der Waals surface area contributed by atoms with Crippen LogP contribution in [0.15, 0.2) is 42.5 Å². The third kappa shape index (κ3) is 6.18. The largest absolute Gasteiger partial charge is 0.492 e. The zero-order valence-electron chi connectivity index (χ0n) is 21.0.